The van der Waals surface area contributed by atoms with Gasteiger partial charge in [0.2, 0.25) is 0 Å². The zero-order valence-corrected chi connectivity index (χ0v) is 12.0. The van der Waals surface area contributed by atoms with Crippen molar-refractivity contribution in [3.8, 4) is 0 Å². The van der Waals surface area contributed by atoms with Crippen LogP contribution < -0.4 is 10.6 Å². The van der Waals surface area contributed by atoms with Crippen LogP contribution in [-0.2, 0) is 26.1 Å². The molecule has 0 unspecified atom stereocenters. The summed E-state index contributed by atoms with van der Waals surface area (Å²) >= 11 is 1.76. The maximum absolute atomic E-state index is 4.27. The number of hydrogen-bond acceptors (Lipinski definition) is 4. The second-order valence-corrected chi connectivity index (χ2v) is 6.30. The van der Waals surface area contributed by atoms with E-state index in [0.717, 1.165) is 37.6 Å². The van der Waals surface area contributed by atoms with Gasteiger partial charge in [-0.25, -0.2) is 4.98 Å². The highest BCUT2D eigenvalue weighted by atomic mass is 32.1. The number of benzene rings is 1. The van der Waals surface area contributed by atoms with Crippen LogP contribution in [0, 0.1) is 6.92 Å². The monoisotopic (exact) mass is 273 g/mol. The van der Waals surface area contributed by atoms with Gasteiger partial charge in [-0.3, -0.25) is 0 Å². The predicted octanol–water partition coefficient (Wildman–Crippen LogP) is 2.39. The highest BCUT2D eigenvalue weighted by molar-refractivity contribution is 7.11. The molecule has 3 nitrogen and oxygen atoms in total. The second kappa shape index (κ2) is 5.82. The first-order valence-corrected chi connectivity index (χ1v) is 7.56. The molecule has 0 amide bonds. The van der Waals surface area contributed by atoms with Crippen molar-refractivity contribution in [2.24, 2.45) is 0 Å². The molecule has 0 saturated carbocycles. The summed E-state index contributed by atoms with van der Waals surface area (Å²) < 4.78 is 0. The standard InChI is InChI=1S/C15H19N3S/c1-11-18-10-15(19-11)9-17-7-12-2-3-13-4-5-16-8-14(13)6-12/h2-3,6,10,16-17H,4-5,7-9H2,1H3. The van der Waals surface area contributed by atoms with E-state index in [-0.39, 0.29) is 0 Å². The fourth-order valence-electron chi connectivity index (χ4n) is 2.46. The largest absolute Gasteiger partial charge is 0.312 e. The summed E-state index contributed by atoms with van der Waals surface area (Å²) in [5.41, 5.74) is 4.32. The smallest absolute Gasteiger partial charge is 0.0897 e. The lowest BCUT2D eigenvalue weighted by Gasteiger charge is -2.18. The first kappa shape index (κ1) is 12.8. The molecule has 4 heteroatoms. The van der Waals surface area contributed by atoms with Crippen LogP contribution in [0.4, 0.5) is 0 Å². The van der Waals surface area contributed by atoms with Gasteiger partial charge in [-0.1, -0.05) is 18.2 Å². The van der Waals surface area contributed by atoms with E-state index in [1.165, 1.54) is 21.6 Å². The third-order valence-electron chi connectivity index (χ3n) is 3.45. The van der Waals surface area contributed by atoms with Crippen molar-refractivity contribution in [3.63, 3.8) is 0 Å². The molecule has 1 aromatic heterocycles. The summed E-state index contributed by atoms with van der Waals surface area (Å²) in [6.07, 6.45) is 3.12. The molecule has 0 aliphatic carbocycles. The van der Waals surface area contributed by atoms with E-state index in [1.54, 1.807) is 11.3 Å². The van der Waals surface area contributed by atoms with Gasteiger partial charge in [0.25, 0.3) is 0 Å². The molecule has 19 heavy (non-hydrogen) atoms. The van der Waals surface area contributed by atoms with Gasteiger partial charge in [-0.2, -0.15) is 0 Å². The van der Waals surface area contributed by atoms with E-state index in [1.807, 2.05) is 13.1 Å². The Kier molecular flexibility index (Phi) is 3.92. The predicted molar refractivity (Wildman–Crippen MR) is 79.2 cm³/mol. The van der Waals surface area contributed by atoms with Gasteiger partial charge in [0.1, 0.15) is 0 Å². The van der Waals surface area contributed by atoms with Crippen LogP contribution in [0.3, 0.4) is 0 Å². The highest BCUT2D eigenvalue weighted by Gasteiger charge is 2.08. The Morgan fingerprint density at radius 1 is 1.32 bits per heavy atom. The molecule has 0 radical (unpaired) electrons. The number of nitrogens with one attached hydrogen (secondary N) is 2. The lowest BCUT2D eigenvalue weighted by molar-refractivity contribution is 0.639. The number of thiazole rings is 1. The minimum atomic E-state index is 0.904. The summed E-state index contributed by atoms with van der Waals surface area (Å²) in [5, 5.41) is 8.05. The van der Waals surface area contributed by atoms with Crippen LogP contribution in [0.15, 0.2) is 24.4 Å². The molecule has 0 fully saturated rings. The molecule has 0 atom stereocenters. The molecule has 0 saturated heterocycles. The fraction of sp³-hybridized carbons (Fsp3) is 0.400. The molecule has 2 heterocycles. The number of aryl methyl sites for hydroxylation is 1. The van der Waals surface area contributed by atoms with Gasteiger partial charge < -0.3 is 10.6 Å². The van der Waals surface area contributed by atoms with Crippen LogP contribution in [0.1, 0.15) is 26.6 Å². The summed E-state index contributed by atoms with van der Waals surface area (Å²) in [6, 6.07) is 6.85. The van der Waals surface area contributed by atoms with Gasteiger partial charge in [0, 0.05) is 30.7 Å². The van der Waals surface area contributed by atoms with Crippen molar-refractivity contribution in [3.05, 3.63) is 51.0 Å². The third-order valence-corrected chi connectivity index (χ3v) is 4.37. The Morgan fingerprint density at radius 3 is 3.11 bits per heavy atom. The summed E-state index contributed by atoms with van der Waals surface area (Å²) in [4.78, 5) is 5.57. The Labute approximate surface area is 118 Å². The molecule has 2 aromatic rings. The van der Waals surface area contributed by atoms with E-state index in [2.05, 4.69) is 33.8 Å². The normalized spacial score (nSPS) is 14.4. The van der Waals surface area contributed by atoms with Crippen molar-refractivity contribution in [1.82, 2.24) is 15.6 Å². The molecule has 0 spiro atoms. The topological polar surface area (TPSA) is 37.0 Å². The highest BCUT2D eigenvalue weighted by Crippen LogP contribution is 2.16. The second-order valence-electron chi connectivity index (χ2n) is 4.98. The number of hydrogen-bond donors (Lipinski definition) is 2. The molecular weight excluding hydrogens is 254 g/mol. The van der Waals surface area contributed by atoms with Gasteiger partial charge in [0.05, 0.1) is 5.01 Å². The van der Waals surface area contributed by atoms with Crippen LogP contribution >= 0.6 is 11.3 Å². The molecular formula is C15H19N3S. The molecule has 100 valence electrons. The maximum Gasteiger partial charge on any atom is 0.0897 e. The minimum Gasteiger partial charge on any atom is -0.312 e. The Morgan fingerprint density at radius 2 is 2.26 bits per heavy atom. The lowest BCUT2D eigenvalue weighted by Crippen LogP contribution is -2.24. The first-order chi connectivity index (χ1) is 9.31. The van der Waals surface area contributed by atoms with Crippen LogP contribution in [0.2, 0.25) is 0 Å². The van der Waals surface area contributed by atoms with Crippen molar-refractivity contribution in [2.45, 2.75) is 33.0 Å². The number of rotatable bonds is 4. The maximum atomic E-state index is 4.27. The first-order valence-electron chi connectivity index (χ1n) is 6.75. The molecule has 1 aromatic carbocycles. The third kappa shape index (κ3) is 3.21. The number of aromatic nitrogens is 1. The van der Waals surface area contributed by atoms with Crippen LogP contribution in [-0.4, -0.2) is 11.5 Å². The molecule has 0 bridgehead atoms. The molecule has 1 aliphatic rings. The van der Waals surface area contributed by atoms with E-state index < -0.39 is 0 Å². The van der Waals surface area contributed by atoms with Crippen molar-refractivity contribution in [2.75, 3.05) is 6.54 Å². The summed E-state index contributed by atoms with van der Waals surface area (Å²) in [5.74, 6) is 0. The van der Waals surface area contributed by atoms with Crippen LogP contribution in [0.5, 0.6) is 0 Å². The quantitative estimate of drug-likeness (QED) is 0.898. The van der Waals surface area contributed by atoms with Crippen LogP contribution in [0.25, 0.3) is 0 Å². The van der Waals surface area contributed by atoms with Gasteiger partial charge >= 0.3 is 0 Å². The number of fused-ring (bicyclic) bond motifs is 1. The lowest BCUT2D eigenvalue weighted by atomic mass is 9.98. The summed E-state index contributed by atoms with van der Waals surface area (Å²) in [7, 11) is 0. The minimum absolute atomic E-state index is 0.904. The van der Waals surface area contributed by atoms with Crippen molar-refractivity contribution >= 4 is 11.3 Å². The molecule has 3 rings (SSSR count). The molecule has 2 N–H and O–H groups in total. The Balaban J connectivity index is 1.58. The van der Waals surface area contributed by atoms with E-state index >= 15 is 0 Å². The SMILES string of the molecule is Cc1ncc(CNCc2ccc3c(c2)CNCC3)s1. The van der Waals surface area contributed by atoms with Gasteiger partial charge in [0.15, 0.2) is 0 Å². The Hall–Kier alpha value is -1.23. The number of nitrogens with zero attached hydrogens (tertiary/aromatic N) is 1. The fourth-order valence-corrected chi connectivity index (χ4v) is 3.23. The zero-order chi connectivity index (χ0) is 13.1. The van der Waals surface area contributed by atoms with E-state index in [9.17, 15) is 0 Å². The molecule has 1 aliphatic heterocycles. The van der Waals surface area contributed by atoms with Crippen molar-refractivity contribution < 1.29 is 0 Å². The summed E-state index contributed by atoms with van der Waals surface area (Å²) in [6.45, 7) is 5.99. The average Bonchev–Trinajstić information content (AvgIpc) is 2.84. The average molecular weight is 273 g/mol. The van der Waals surface area contributed by atoms with Gasteiger partial charge in [-0.15, -0.1) is 11.3 Å². The van der Waals surface area contributed by atoms with Gasteiger partial charge in [-0.05, 0) is 36.6 Å². The Bertz CT molecular complexity index is 562. The van der Waals surface area contributed by atoms with E-state index in [4.69, 9.17) is 0 Å². The van der Waals surface area contributed by atoms with E-state index in [0.29, 0.717) is 0 Å². The zero-order valence-electron chi connectivity index (χ0n) is 11.2. The van der Waals surface area contributed by atoms with Crippen molar-refractivity contribution in [1.29, 1.82) is 0 Å².